The van der Waals surface area contributed by atoms with E-state index in [1.807, 2.05) is 36.4 Å². The Kier molecular flexibility index (Phi) is 7.54. The Morgan fingerprint density at radius 2 is 1.90 bits per heavy atom. The van der Waals surface area contributed by atoms with E-state index in [2.05, 4.69) is 25.4 Å². The summed E-state index contributed by atoms with van der Waals surface area (Å²) in [4.78, 5) is 0. The van der Waals surface area contributed by atoms with Gasteiger partial charge in [0.2, 0.25) is 5.05 Å². The van der Waals surface area contributed by atoms with Crippen LogP contribution in [0.15, 0.2) is 67.3 Å². The van der Waals surface area contributed by atoms with Crippen molar-refractivity contribution in [2.45, 2.75) is 18.8 Å². The summed E-state index contributed by atoms with van der Waals surface area (Å²) in [6, 6.07) is 9.75. The molecule has 1 atom stereocenters. The van der Waals surface area contributed by atoms with Gasteiger partial charge in [-0.15, -0.1) is 0 Å². The van der Waals surface area contributed by atoms with Crippen LogP contribution in [0, 0.1) is 0 Å². The number of thiocarbonyl (C=S) groups is 1. The Bertz CT molecular complexity index is 509. The van der Waals surface area contributed by atoms with E-state index in [0.29, 0.717) is 6.42 Å². The van der Waals surface area contributed by atoms with Crippen molar-refractivity contribution < 1.29 is 13.5 Å². The summed E-state index contributed by atoms with van der Waals surface area (Å²) in [7, 11) is 0. The summed E-state index contributed by atoms with van der Waals surface area (Å²) in [6.45, 7) is 7.61. The molecule has 21 heavy (non-hydrogen) atoms. The minimum atomic E-state index is -2.72. The third-order valence-corrected chi connectivity index (χ3v) is 3.28. The normalized spacial score (nSPS) is 12.8. The number of hydrogen-bond acceptors (Lipinski definition) is 2. The van der Waals surface area contributed by atoms with Gasteiger partial charge in [-0.05, 0) is 29.8 Å². The third kappa shape index (κ3) is 5.60. The molecule has 0 amide bonds. The van der Waals surface area contributed by atoms with E-state index in [1.54, 1.807) is 12.2 Å². The van der Waals surface area contributed by atoms with Gasteiger partial charge in [-0.2, -0.15) is 0 Å². The highest BCUT2D eigenvalue weighted by molar-refractivity contribution is 7.80. The smallest absolute Gasteiger partial charge is 0.305 e. The molecule has 4 heteroatoms. The van der Waals surface area contributed by atoms with Crippen molar-refractivity contribution in [3.8, 4) is 0 Å². The largest absolute Gasteiger partial charge is 0.482 e. The summed E-state index contributed by atoms with van der Waals surface area (Å²) in [6.07, 6.45) is 3.08. The lowest BCUT2D eigenvalue weighted by Crippen LogP contribution is -2.14. The van der Waals surface area contributed by atoms with Gasteiger partial charge in [0.05, 0.1) is 6.61 Å². The second-order valence-electron chi connectivity index (χ2n) is 4.33. The minimum Gasteiger partial charge on any atom is -0.482 e. The van der Waals surface area contributed by atoms with E-state index in [4.69, 9.17) is 4.74 Å². The zero-order chi connectivity index (χ0) is 15.7. The van der Waals surface area contributed by atoms with Gasteiger partial charge in [0.1, 0.15) is 0 Å². The average molecular weight is 308 g/mol. The van der Waals surface area contributed by atoms with E-state index in [9.17, 15) is 8.78 Å². The van der Waals surface area contributed by atoms with Crippen LogP contribution in [0.2, 0.25) is 0 Å². The maximum atomic E-state index is 12.3. The van der Waals surface area contributed by atoms with Crippen LogP contribution in [-0.2, 0) is 4.74 Å². The number of benzene rings is 1. The molecule has 1 unspecified atom stereocenters. The van der Waals surface area contributed by atoms with Gasteiger partial charge in [0.15, 0.2) is 0 Å². The maximum absolute atomic E-state index is 12.3. The van der Waals surface area contributed by atoms with Crippen LogP contribution in [0.4, 0.5) is 8.78 Å². The highest BCUT2D eigenvalue weighted by Crippen LogP contribution is 2.28. The molecule has 1 aromatic carbocycles. The minimum absolute atomic E-state index is 0.00201. The molecule has 1 aromatic rings. The summed E-state index contributed by atoms with van der Waals surface area (Å²) in [5.41, 5.74) is 2.03. The van der Waals surface area contributed by atoms with Crippen molar-refractivity contribution in [1.82, 2.24) is 0 Å². The number of ether oxygens (including phenoxy) is 1. The van der Waals surface area contributed by atoms with Crippen molar-refractivity contribution in [2.75, 3.05) is 6.61 Å². The number of allylic oxidation sites excluding steroid dienone is 4. The molecule has 1 rings (SSSR count). The summed E-state index contributed by atoms with van der Waals surface area (Å²) >= 11 is 4.47. The molecule has 0 aliphatic carbocycles. The maximum Gasteiger partial charge on any atom is 0.305 e. The van der Waals surface area contributed by atoms with Gasteiger partial charge in [-0.25, -0.2) is 8.78 Å². The fourth-order valence-corrected chi connectivity index (χ4v) is 2.10. The van der Waals surface area contributed by atoms with E-state index in [-0.39, 0.29) is 12.5 Å². The first-order chi connectivity index (χ1) is 10.1. The Labute approximate surface area is 129 Å². The van der Waals surface area contributed by atoms with Gasteiger partial charge in [-0.1, -0.05) is 61.7 Å². The predicted octanol–water partition coefficient (Wildman–Crippen LogP) is 5.07. The lowest BCUT2D eigenvalue weighted by atomic mass is 9.88. The molecule has 0 aliphatic heterocycles. The molecule has 0 aliphatic rings. The van der Waals surface area contributed by atoms with Gasteiger partial charge in [0.25, 0.3) is 0 Å². The molecule has 0 heterocycles. The fourth-order valence-electron chi connectivity index (χ4n) is 2.01. The van der Waals surface area contributed by atoms with E-state index in [1.165, 1.54) is 0 Å². The standard InChI is InChI=1S/C17H18F2OS/c1-3-8-13(4-2)15(14-9-6-5-7-10-14)11-12-20-17(21)16(18)19/h3-10,15-16H,1-2,11-12H2/b13-8+. The van der Waals surface area contributed by atoms with E-state index >= 15 is 0 Å². The topological polar surface area (TPSA) is 9.23 Å². The van der Waals surface area contributed by atoms with Crippen LogP contribution in [0.1, 0.15) is 17.9 Å². The summed E-state index contributed by atoms with van der Waals surface area (Å²) < 4.78 is 29.6. The molecule has 0 aromatic heterocycles. The lowest BCUT2D eigenvalue weighted by Gasteiger charge is -2.19. The molecule has 0 saturated carbocycles. The molecular weight excluding hydrogens is 290 g/mol. The van der Waals surface area contributed by atoms with Gasteiger partial charge < -0.3 is 4.74 Å². The molecule has 112 valence electrons. The second kappa shape index (κ2) is 9.19. The van der Waals surface area contributed by atoms with E-state index in [0.717, 1.165) is 11.1 Å². The molecule has 1 nitrogen and oxygen atoms in total. The quantitative estimate of drug-likeness (QED) is 0.490. The van der Waals surface area contributed by atoms with Gasteiger partial charge >= 0.3 is 6.43 Å². The van der Waals surface area contributed by atoms with Gasteiger partial charge in [0, 0.05) is 5.92 Å². The van der Waals surface area contributed by atoms with Crippen LogP contribution < -0.4 is 0 Å². The van der Waals surface area contributed by atoms with Crippen molar-refractivity contribution in [1.29, 1.82) is 0 Å². The third-order valence-electron chi connectivity index (χ3n) is 2.98. The van der Waals surface area contributed by atoms with Crippen LogP contribution in [-0.4, -0.2) is 18.1 Å². The molecular formula is C17H18F2OS. The molecule has 0 N–H and O–H groups in total. The molecule has 0 fully saturated rings. The fraction of sp³-hybridized carbons (Fsp3) is 0.235. The van der Waals surface area contributed by atoms with Crippen LogP contribution in [0.25, 0.3) is 0 Å². The lowest BCUT2D eigenvalue weighted by molar-refractivity contribution is 0.172. The average Bonchev–Trinajstić information content (AvgIpc) is 2.50. The second-order valence-corrected chi connectivity index (χ2v) is 4.73. The molecule has 0 spiro atoms. The van der Waals surface area contributed by atoms with Crippen molar-refractivity contribution in [3.63, 3.8) is 0 Å². The predicted molar refractivity (Wildman–Crippen MR) is 86.8 cm³/mol. The summed E-state index contributed by atoms with van der Waals surface area (Å²) in [5.74, 6) is 0.00201. The van der Waals surface area contributed by atoms with Crippen LogP contribution in [0.5, 0.6) is 0 Å². The van der Waals surface area contributed by atoms with E-state index < -0.39 is 11.5 Å². The van der Waals surface area contributed by atoms with Gasteiger partial charge in [-0.3, -0.25) is 0 Å². The van der Waals surface area contributed by atoms with Crippen LogP contribution in [0.3, 0.4) is 0 Å². The Morgan fingerprint density at radius 1 is 1.24 bits per heavy atom. The molecule has 0 saturated heterocycles. The Hall–Kier alpha value is -1.81. The first-order valence-electron chi connectivity index (χ1n) is 6.55. The van der Waals surface area contributed by atoms with Crippen molar-refractivity contribution >= 4 is 17.3 Å². The number of alkyl halides is 2. The Morgan fingerprint density at radius 3 is 2.43 bits per heavy atom. The highest BCUT2D eigenvalue weighted by atomic mass is 32.1. The number of hydrogen-bond donors (Lipinski definition) is 0. The van der Waals surface area contributed by atoms with Crippen molar-refractivity contribution in [3.05, 3.63) is 72.9 Å². The highest BCUT2D eigenvalue weighted by Gasteiger charge is 2.17. The molecule has 0 bridgehead atoms. The zero-order valence-corrected chi connectivity index (χ0v) is 12.5. The monoisotopic (exact) mass is 308 g/mol. The number of halogens is 2. The van der Waals surface area contributed by atoms with Crippen LogP contribution >= 0.6 is 12.2 Å². The first-order valence-corrected chi connectivity index (χ1v) is 6.95. The summed E-state index contributed by atoms with van der Waals surface area (Å²) in [5, 5.41) is -0.658. The first kappa shape index (κ1) is 17.2. The zero-order valence-electron chi connectivity index (χ0n) is 11.7. The Balaban J connectivity index is 2.83. The van der Waals surface area contributed by atoms with Crippen molar-refractivity contribution in [2.24, 2.45) is 0 Å². The number of rotatable bonds is 8. The SMILES string of the molecule is C=C/C=C(\C=C)C(CCOC(=S)C(F)F)c1ccccc1. The molecule has 0 radical (unpaired) electrons.